The standard InChI is InChI=1S/C54H34N6/c1-4-17-36(18-5-1)51-56-52(37-19-6-2-7-20-37)58-54(57-51)60-48-33-29-38(34-46(48)44-30-28-35-16-10-11-23-41(35)50(44)60)40-31-32-45(43-25-13-12-24-42(40)43)53-55-47-26-14-15-27-49(47)59(53)39-21-8-3-9-22-39/h1-34H. The second kappa shape index (κ2) is 13.7. The summed E-state index contributed by atoms with van der Waals surface area (Å²) in [6, 6.07) is 72.2. The van der Waals surface area contributed by atoms with Crippen LogP contribution in [0.1, 0.15) is 0 Å². The van der Waals surface area contributed by atoms with Crippen LogP contribution in [0.5, 0.6) is 0 Å². The maximum Gasteiger partial charge on any atom is 0.238 e. The minimum Gasteiger partial charge on any atom is -0.292 e. The Kier molecular flexibility index (Phi) is 7.74. The van der Waals surface area contributed by atoms with Gasteiger partial charge in [0.2, 0.25) is 5.95 Å². The minimum absolute atomic E-state index is 0.572. The molecule has 0 spiro atoms. The first-order valence-corrected chi connectivity index (χ1v) is 20.2. The molecule has 60 heavy (non-hydrogen) atoms. The van der Waals surface area contributed by atoms with Crippen LogP contribution >= 0.6 is 0 Å². The van der Waals surface area contributed by atoms with Crippen molar-refractivity contribution < 1.29 is 0 Å². The molecule has 280 valence electrons. The summed E-state index contributed by atoms with van der Waals surface area (Å²) in [7, 11) is 0. The Hall–Kier alpha value is -8.22. The van der Waals surface area contributed by atoms with Gasteiger partial charge in [0, 0.05) is 38.5 Å². The van der Waals surface area contributed by atoms with Crippen molar-refractivity contribution in [2.45, 2.75) is 0 Å². The molecule has 0 atom stereocenters. The van der Waals surface area contributed by atoms with Crippen LogP contribution in [0.4, 0.5) is 0 Å². The average Bonchev–Trinajstić information content (AvgIpc) is 3.88. The van der Waals surface area contributed by atoms with Crippen molar-refractivity contribution >= 4 is 54.4 Å². The molecule has 3 aromatic heterocycles. The van der Waals surface area contributed by atoms with Crippen LogP contribution in [0.3, 0.4) is 0 Å². The van der Waals surface area contributed by atoms with Crippen LogP contribution in [0, 0.1) is 0 Å². The van der Waals surface area contributed by atoms with E-state index in [1.54, 1.807) is 0 Å². The van der Waals surface area contributed by atoms with Gasteiger partial charge >= 0.3 is 0 Å². The summed E-state index contributed by atoms with van der Waals surface area (Å²) >= 11 is 0. The summed E-state index contributed by atoms with van der Waals surface area (Å²) in [6.07, 6.45) is 0. The molecule has 3 heterocycles. The molecular formula is C54H34N6. The fourth-order valence-corrected chi connectivity index (χ4v) is 8.84. The second-order valence-corrected chi connectivity index (χ2v) is 15.1. The normalized spacial score (nSPS) is 11.7. The Balaban J connectivity index is 1.09. The summed E-state index contributed by atoms with van der Waals surface area (Å²) < 4.78 is 4.50. The number of benzene rings is 9. The molecule has 6 nitrogen and oxygen atoms in total. The first-order chi connectivity index (χ1) is 29.8. The monoisotopic (exact) mass is 766 g/mol. The molecule has 0 saturated heterocycles. The highest BCUT2D eigenvalue weighted by atomic mass is 15.2. The van der Waals surface area contributed by atoms with Crippen LogP contribution in [0.25, 0.3) is 111 Å². The number of imidazole rings is 1. The van der Waals surface area contributed by atoms with Crippen molar-refractivity contribution in [2.75, 3.05) is 0 Å². The number of hydrogen-bond acceptors (Lipinski definition) is 4. The highest BCUT2D eigenvalue weighted by Gasteiger charge is 2.22. The SMILES string of the molecule is c1ccc(-c2nc(-c3ccccc3)nc(-n3c4ccc(-c5ccc(-c6nc7ccccc7n6-c6ccccc6)c6ccccc56)cc4c4ccc5ccccc5c43)n2)cc1. The van der Waals surface area contributed by atoms with Crippen molar-refractivity contribution in [1.82, 2.24) is 29.1 Å². The molecule has 0 bridgehead atoms. The zero-order valence-corrected chi connectivity index (χ0v) is 32.3. The van der Waals surface area contributed by atoms with E-state index in [0.717, 1.165) is 93.7 Å². The van der Waals surface area contributed by atoms with Gasteiger partial charge in [-0.3, -0.25) is 9.13 Å². The molecule has 6 heteroatoms. The van der Waals surface area contributed by atoms with Gasteiger partial charge < -0.3 is 0 Å². The summed E-state index contributed by atoms with van der Waals surface area (Å²) in [5.74, 6) is 2.73. The van der Waals surface area contributed by atoms with Crippen molar-refractivity contribution in [3.8, 4) is 56.9 Å². The van der Waals surface area contributed by atoms with Gasteiger partial charge in [-0.05, 0) is 69.8 Å². The summed E-state index contributed by atoms with van der Waals surface area (Å²) in [4.78, 5) is 20.7. The fraction of sp³-hybridized carbons (Fsp3) is 0. The minimum atomic E-state index is 0.572. The van der Waals surface area contributed by atoms with Crippen LogP contribution in [0.15, 0.2) is 206 Å². The van der Waals surface area contributed by atoms with E-state index in [9.17, 15) is 0 Å². The average molecular weight is 767 g/mol. The topological polar surface area (TPSA) is 61.4 Å². The Morgan fingerprint density at radius 2 is 0.933 bits per heavy atom. The molecule has 12 aromatic rings. The van der Waals surface area contributed by atoms with Crippen LogP contribution in [-0.4, -0.2) is 29.1 Å². The fourth-order valence-electron chi connectivity index (χ4n) is 8.84. The number of aromatic nitrogens is 6. The van der Waals surface area contributed by atoms with Crippen molar-refractivity contribution in [2.24, 2.45) is 0 Å². The molecule has 0 unspecified atom stereocenters. The molecule has 0 aliphatic rings. The second-order valence-electron chi connectivity index (χ2n) is 15.1. The lowest BCUT2D eigenvalue weighted by atomic mass is 9.93. The summed E-state index contributed by atoms with van der Waals surface area (Å²) in [6.45, 7) is 0. The molecule has 0 saturated carbocycles. The van der Waals surface area contributed by atoms with E-state index < -0.39 is 0 Å². The van der Waals surface area contributed by atoms with E-state index in [2.05, 4.69) is 155 Å². The Morgan fingerprint density at radius 1 is 0.333 bits per heavy atom. The van der Waals surface area contributed by atoms with E-state index in [0.29, 0.717) is 17.6 Å². The lowest BCUT2D eigenvalue weighted by Crippen LogP contribution is -2.06. The molecule has 12 rings (SSSR count). The Bertz CT molecular complexity index is 3530. The Labute approximate surface area is 345 Å². The maximum atomic E-state index is 5.24. The number of rotatable bonds is 6. The molecule has 0 radical (unpaired) electrons. The van der Waals surface area contributed by atoms with Gasteiger partial charge in [-0.2, -0.15) is 9.97 Å². The van der Waals surface area contributed by atoms with E-state index in [1.807, 2.05) is 60.7 Å². The molecule has 0 aliphatic heterocycles. The lowest BCUT2D eigenvalue weighted by molar-refractivity contribution is 0.955. The molecule has 0 amide bonds. The third-order valence-corrected chi connectivity index (χ3v) is 11.6. The third kappa shape index (κ3) is 5.42. The number of fused-ring (bicyclic) bond motifs is 7. The zero-order chi connectivity index (χ0) is 39.6. The number of hydrogen-bond donors (Lipinski definition) is 0. The van der Waals surface area contributed by atoms with Gasteiger partial charge in [0.15, 0.2) is 11.6 Å². The van der Waals surface area contributed by atoms with Gasteiger partial charge in [-0.15, -0.1) is 0 Å². The van der Waals surface area contributed by atoms with Crippen LogP contribution < -0.4 is 0 Å². The van der Waals surface area contributed by atoms with Gasteiger partial charge in [0.25, 0.3) is 0 Å². The van der Waals surface area contributed by atoms with E-state index >= 15 is 0 Å². The number of nitrogens with zero attached hydrogens (tertiary/aromatic N) is 6. The highest BCUT2D eigenvalue weighted by Crippen LogP contribution is 2.42. The van der Waals surface area contributed by atoms with Crippen LogP contribution in [0.2, 0.25) is 0 Å². The van der Waals surface area contributed by atoms with Crippen LogP contribution in [-0.2, 0) is 0 Å². The molecular weight excluding hydrogens is 733 g/mol. The van der Waals surface area contributed by atoms with Gasteiger partial charge in [0.05, 0.1) is 22.1 Å². The van der Waals surface area contributed by atoms with E-state index in [1.165, 1.54) is 0 Å². The molecule has 0 N–H and O–H groups in total. The summed E-state index contributed by atoms with van der Waals surface area (Å²) in [5.41, 5.74) is 10.4. The predicted octanol–water partition coefficient (Wildman–Crippen LogP) is 13.3. The largest absolute Gasteiger partial charge is 0.292 e. The van der Waals surface area contributed by atoms with Crippen molar-refractivity contribution in [3.63, 3.8) is 0 Å². The quantitative estimate of drug-likeness (QED) is 0.169. The Morgan fingerprint density at radius 3 is 1.67 bits per heavy atom. The van der Waals surface area contributed by atoms with Gasteiger partial charge in [-0.1, -0.05) is 164 Å². The first kappa shape index (κ1) is 33.9. The number of para-hydroxylation sites is 3. The summed E-state index contributed by atoms with van der Waals surface area (Å²) in [5, 5.41) is 6.83. The van der Waals surface area contributed by atoms with E-state index in [-0.39, 0.29) is 0 Å². The first-order valence-electron chi connectivity index (χ1n) is 20.2. The van der Waals surface area contributed by atoms with Crippen molar-refractivity contribution in [1.29, 1.82) is 0 Å². The predicted molar refractivity (Wildman–Crippen MR) is 246 cm³/mol. The zero-order valence-electron chi connectivity index (χ0n) is 32.3. The lowest BCUT2D eigenvalue weighted by Gasteiger charge is -2.14. The van der Waals surface area contributed by atoms with Gasteiger partial charge in [-0.25, -0.2) is 9.97 Å². The molecule has 0 aliphatic carbocycles. The van der Waals surface area contributed by atoms with E-state index in [4.69, 9.17) is 19.9 Å². The van der Waals surface area contributed by atoms with Crippen molar-refractivity contribution in [3.05, 3.63) is 206 Å². The molecule has 0 fully saturated rings. The highest BCUT2D eigenvalue weighted by molar-refractivity contribution is 6.19. The van der Waals surface area contributed by atoms with Gasteiger partial charge in [0.1, 0.15) is 5.82 Å². The third-order valence-electron chi connectivity index (χ3n) is 11.6. The molecule has 9 aromatic carbocycles. The smallest absolute Gasteiger partial charge is 0.238 e. The maximum absolute atomic E-state index is 5.24.